The molecule has 3 N–H and O–H groups in total. The lowest BCUT2D eigenvalue weighted by atomic mass is 9.93. The van der Waals surface area contributed by atoms with Crippen molar-refractivity contribution in [3.05, 3.63) is 106 Å². The van der Waals surface area contributed by atoms with Crippen molar-refractivity contribution in [2.75, 3.05) is 5.73 Å². The Balaban J connectivity index is 1.27. The molecule has 1 aromatic heterocycles. The monoisotopic (exact) mass is 628 g/mol. The van der Waals surface area contributed by atoms with Crippen LogP contribution in [0.5, 0.6) is 11.5 Å². The second kappa shape index (κ2) is 12.4. The van der Waals surface area contributed by atoms with Crippen molar-refractivity contribution < 1.29 is 27.8 Å². The van der Waals surface area contributed by atoms with Gasteiger partial charge in [0.2, 0.25) is 0 Å². The predicted octanol–water partition coefficient (Wildman–Crippen LogP) is 7.89. The van der Waals surface area contributed by atoms with E-state index in [4.69, 9.17) is 15.2 Å². The molecule has 0 atom stereocenters. The Bertz CT molecular complexity index is 1850. The number of fused-ring (bicyclic) bond motifs is 1. The molecule has 3 aromatic carbocycles. The summed E-state index contributed by atoms with van der Waals surface area (Å²) in [7, 11) is 0. The summed E-state index contributed by atoms with van der Waals surface area (Å²) in [5, 5.41) is 7.23. The van der Waals surface area contributed by atoms with Gasteiger partial charge in [-0.3, -0.25) is 4.79 Å². The Morgan fingerprint density at radius 2 is 1.76 bits per heavy atom. The summed E-state index contributed by atoms with van der Waals surface area (Å²) in [6.45, 7) is 10.9. The molecule has 8 nitrogen and oxygen atoms in total. The summed E-state index contributed by atoms with van der Waals surface area (Å²) in [6.07, 6.45) is 3.78. The lowest BCUT2D eigenvalue weighted by molar-refractivity contribution is 0.0468. The van der Waals surface area contributed by atoms with Crippen molar-refractivity contribution >= 4 is 23.8 Å². The van der Waals surface area contributed by atoms with Gasteiger partial charge in [-0.2, -0.15) is 5.10 Å². The number of allylic oxidation sites excluding steroid dienone is 1. The smallest absolute Gasteiger partial charge is 0.408 e. The summed E-state index contributed by atoms with van der Waals surface area (Å²) >= 11 is 0. The number of amides is 1. The molecule has 46 heavy (non-hydrogen) atoms. The first-order chi connectivity index (χ1) is 21.6. The molecule has 1 aliphatic rings. The van der Waals surface area contributed by atoms with Crippen LogP contribution in [0.15, 0.2) is 66.4 Å². The van der Waals surface area contributed by atoms with E-state index in [0.29, 0.717) is 47.4 Å². The first-order valence-corrected chi connectivity index (χ1v) is 15.0. The van der Waals surface area contributed by atoms with E-state index in [9.17, 15) is 14.0 Å². The van der Waals surface area contributed by atoms with Crippen LogP contribution >= 0.6 is 0 Å². The van der Waals surface area contributed by atoms with E-state index < -0.39 is 23.1 Å². The number of anilines is 1. The van der Waals surface area contributed by atoms with E-state index in [0.717, 1.165) is 11.1 Å². The fourth-order valence-corrected chi connectivity index (χ4v) is 5.32. The number of nitrogens with one attached hydrogen (secondary N) is 1. The molecule has 0 bridgehead atoms. The molecule has 0 fully saturated rings. The van der Waals surface area contributed by atoms with Gasteiger partial charge in [0.15, 0.2) is 17.3 Å². The van der Waals surface area contributed by atoms with Gasteiger partial charge in [0, 0.05) is 17.5 Å². The highest BCUT2D eigenvalue weighted by atomic mass is 19.1. The minimum Gasteiger partial charge on any atom is -0.454 e. The maximum absolute atomic E-state index is 15.1. The normalized spacial score (nSPS) is 12.8. The number of nitrogens with two attached hydrogens (primary N) is 1. The van der Waals surface area contributed by atoms with E-state index >= 15 is 4.39 Å². The number of ether oxygens (including phenoxy) is 2. The topological polar surface area (TPSA) is 108 Å². The fraction of sp³-hybridized carbons (Fsp3) is 0.306. The van der Waals surface area contributed by atoms with Gasteiger partial charge in [0.25, 0.3) is 0 Å². The molecule has 0 saturated heterocycles. The standard InChI is InChI=1S/C36H38F2N4O4/c1-21-15-26(45-31-10-8-7-9-28(31)37)11-12-30(21)42-33(39)27(20-40-42)32(43)25-17-23-16-22(29(38)19-24(23)18-25)13-14-36(5,6)41-34(44)46-35(2,3)4/h7-12,15-16,18-20H,13-14,17,39H2,1-6H3,(H,41,44). The number of hydrogen-bond acceptors (Lipinski definition) is 6. The number of aryl methyl sites for hydroxylation is 2. The zero-order valence-electron chi connectivity index (χ0n) is 26.8. The van der Waals surface area contributed by atoms with Crippen LogP contribution in [-0.4, -0.2) is 32.8 Å². The lowest BCUT2D eigenvalue weighted by Crippen LogP contribution is -2.46. The van der Waals surface area contributed by atoms with Crippen molar-refractivity contribution in [1.29, 1.82) is 0 Å². The number of benzene rings is 3. The molecule has 1 heterocycles. The molecule has 0 saturated carbocycles. The Kier molecular flexibility index (Phi) is 8.75. The third kappa shape index (κ3) is 7.28. The third-order valence-electron chi connectivity index (χ3n) is 7.68. The second-order valence-electron chi connectivity index (χ2n) is 13.2. The number of alkyl carbamates (subject to hydrolysis) is 1. The summed E-state index contributed by atoms with van der Waals surface area (Å²) < 4.78 is 41.7. The van der Waals surface area contributed by atoms with Crippen LogP contribution in [0.4, 0.5) is 19.4 Å². The average molecular weight is 629 g/mol. The van der Waals surface area contributed by atoms with Crippen molar-refractivity contribution in [2.45, 2.75) is 71.9 Å². The van der Waals surface area contributed by atoms with Gasteiger partial charge >= 0.3 is 6.09 Å². The summed E-state index contributed by atoms with van der Waals surface area (Å²) in [5.74, 6) is -0.416. The number of rotatable bonds is 9. The maximum Gasteiger partial charge on any atom is 0.408 e. The van der Waals surface area contributed by atoms with Gasteiger partial charge in [-0.25, -0.2) is 18.3 Å². The first kappa shape index (κ1) is 32.4. The zero-order chi connectivity index (χ0) is 33.4. The number of Topliss-reactive ketones (excluding diaryl/α,β-unsaturated/α-hetero) is 1. The lowest BCUT2D eigenvalue weighted by Gasteiger charge is -2.28. The second-order valence-corrected chi connectivity index (χ2v) is 13.2. The van der Waals surface area contributed by atoms with Gasteiger partial charge in [0.1, 0.15) is 23.0 Å². The van der Waals surface area contributed by atoms with Gasteiger partial charge < -0.3 is 20.5 Å². The molecule has 0 radical (unpaired) electrons. The van der Waals surface area contributed by atoms with Crippen molar-refractivity contribution in [3.8, 4) is 17.2 Å². The third-order valence-corrected chi connectivity index (χ3v) is 7.68. The molecular weight excluding hydrogens is 590 g/mol. The maximum atomic E-state index is 15.1. The summed E-state index contributed by atoms with van der Waals surface area (Å²) in [4.78, 5) is 25.8. The molecular formula is C36H38F2N4O4. The number of hydrogen-bond donors (Lipinski definition) is 2. The molecule has 10 heteroatoms. The number of nitrogens with zero attached hydrogens (tertiary/aromatic N) is 2. The van der Waals surface area contributed by atoms with E-state index in [-0.39, 0.29) is 28.7 Å². The molecule has 0 aliphatic heterocycles. The largest absolute Gasteiger partial charge is 0.454 e. The van der Waals surface area contributed by atoms with Crippen LogP contribution in [0.25, 0.3) is 11.8 Å². The summed E-state index contributed by atoms with van der Waals surface area (Å²) in [5.41, 5.74) is 9.27. The average Bonchev–Trinajstić information content (AvgIpc) is 3.54. The van der Waals surface area contributed by atoms with Crippen LogP contribution < -0.4 is 15.8 Å². The zero-order valence-corrected chi connectivity index (χ0v) is 26.8. The van der Waals surface area contributed by atoms with Crippen LogP contribution in [0, 0.1) is 18.6 Å². The SMILES string of the molecule is Cc1cc(Oc2ccccc2F)ccc1-n1ncc(C(=O)C2=Cc3cc(F)c(CCC(C)(C)NC(=O)OC(C)(C)C)cc3C2)c1N. The van der Waals surface area contributed by atoms with E-state index in [1.807, 2.05) is 20.8 Å². The quantitative estimate of drug-likeness (QED) is 0.183. The molecule has 240 valence electrons. The van der Waals surface area contributed by atoms with Crippen molar-refractivity contribution in [3.63, 3.8) is 0 Å². The number of ketones is 1. The van der Waals surface area contributed by atoms with Crippen LogP contribution in [0.3, 0.4) is 0 Å². The Morgan fingerprint density at radius 3 is 2.46 bits per heavy atom. The number of aromatic nitrogens is 2. The molecule has 1 aliphatic carbocycles. The molecule has 1 amide bonds. The number of carbonyl (C=O) groups is 2. The highest BCUT2D eigenvalue weighted by Crippen LogP contribution is 2.33. The molecule has 4 aromatic rings. The molecule has 0 unspecified atom stereocenters. The van der Waals surface area contributed by atoms with Gasteiger partial charge in [-0.1, -0.05) is 18.2 Å². The first-order valence-electron chi connectivity index (χ1n) is 15.0. The predicted molar refractivity (Wildman–Crippen MR) is 173 cm³/mol. The van der Waals surface area contributed by atoms with Crippen LogP contribution in [0.2, 0.25) is 0 Å². The Labute approximate surface area is 267 Å². The molecule has 0 spiro atoms. The minimum absolute atomic E-state index is 0.109. The van der Waals surface area contributed by atoms with Gasteiger partial charge in [-0.15, -0.1) is 0 Å². The van der Waals surface area contributed by atoms with Crippen LogP contribution in [0.1, 0.15) is 73.7 Å². The molecule has 5 rings (SSSR count). The summed E-state index contributed by atoms with van der Waals surface area (Å²) in [6, 6.07) is 14.5. The Hall–Kier alpha value is -4.99. The highest BCUT2D eigenvalue weighted by Gasteiger charge is 2.27. The van der Waals surface area contributed by atoms with E-state index in [1.54, 1.807) is 69.3 Å². The van der Waals surface area contributed by atoms with Gasteiger partial charge in [-0.05, 0) is 119 Å². The van der Waals surface area contributed by atoms with E-state index in [2.05, 4.69) is 10.4 Å². The number of carbonyl (C=O) groups excluding carboxylic acids is 2. The van der Waals surface area contributed by atoms with E-state index in [1.165, 1.54) is 23.0 Å². The number of nitrogen functional groups attached to an aromatic ring is 1. The minimum atomic E-state index is -0.629. The van der Waals surface area contributed by atoms with Gasteiger partial charge in [0.05, 0.1) is 17.4 Å². The van der Waals surface area contributed by atoms with Crippen molar-refractivity contribution in [1.82, 2.24) is 15.1 Å². The van der Waals surface area contributed by atoms with Crippen molar-refractivity contribution in [2.24, 2.45) is 0 Å². The fourth-order valence-electron chi connectivity index (χ4n) is 5.32. The number of para-hydroxylation sites is 1. The van der Waals surface area contributed by atoms with Crippen LogP contribution in [-0.2, 0) is 17.6 Å². The number of halogens is 2. The Morgan fingerprint density at radius 1 is 1.02 bits per heavy atom. The highest BCUT2D eigenvalue weighted by molar-refractivity contribution is 6.15.